The van der Waals surface area contributed by atoms with Gasteiger partial charge in [0, 0.05) is 6.61 Å². The number of hydrogen-bond acceptors (Lipinski definition) is 2. The molecule has 2 atom stereocenters. The van der Waals surface area contributed by atoms with Crippen LogP contribution in [0.5, 0.6) is 0 Å². The second-order valence-electron chi connectivity index (χ2n) is 6.46. The Hall–Kier alpha value is -0.860. The molecule has 1 fully saturated rings. The van der Waals surface area contributed by atoms with Gasteiger partial charge in [-0.15, -0.1) is 0 Å². The van der Waals surface area contributed by atoms with Gasteiger partial charge in [0.05, 0.1) is 5.60 Å². The molecule has 0 spiro atoms. The van der Waals surface area contributed by atoms with Crippen LogP contribution < -0.4 is 5.73 Å². The summed E-state index contributed by atoms with van der Waals surface area (Å²) in [7, 11) is 0. The molecule has 0 unspecified atom stereocenters. The van der Waals surface area contributed by atoms with Gasteiger partial charge in [-0.05, 0) is 64.0 Å². The molecular weight excluding hydrogens is 234 g/mol. The predicted octanol–water partition coefficient (Wildman–Crippen LogP) is 3.63. The maximum absolute atomic E-state index is 5.85. The van der Waals surface area contributed by atoms with Crippen molar-refractivity contribution in [2.45, 2.75) is 51.6 Å². The van der Waals surface area contributed by atoms with Crippen molar-refractivity contribution >= 4 is 0 Å². The summed E-state index contributed by atoms with van der Waals surface area (Å²) in [4.78, 5) is 0. The minimum atomic E-state index is 0.0143. The number of ether oxygens (including phenoxy) is 1. The topological polar surface area (TPSA) is 35.2 Å². The SMILES string of the molecule is Cc1ccc([C@@H](CCN)[C@H]2CCOC(C)(C)C2)cc1. The quantitative estimate of drug-likeness (QED) is 0.898. The summed E-state index contributed by atoms with van der Waals surface area (Å²) in [6.45, 7) is 8.18. The van der Waals surface area contributed by atoms with Crippen LogP contribution >= 0.6 is 0 Å². The van der Waals surface area contributed by atoms with Gasteiger partial charge in [0.15, 0.2) is 0 Å². The summed E-state index contributed by atoms with van der Waals surface area (Å²) in [6.07, 6.45) is 3.36. The van der Waals surface area contributed by atoms with Crippen molar-refractivity contribution in [1.29, 1.82) is 0 Å². The van der Waals surface area contributed by atoms with Crippen molar-refractivity contribution in [2.75, 3.05) is 13.2 Å². The third-order valence-corrected chi connectivity index (χ3v) is 4.29. The van der Waals surface area contributed by atoms with Gasteiger partial charge in [-0.3, -0.25) is 0 Å². The highest BCUT2D eigenvalue weighted by molar-refractivity contribution is 5.25. The van der Waals surface area contributed by atoms with E-state index in [4.69, 9.17) is 10.5 Å². The first-order chi connectivity index (χ1) is 9.02. The molecule has 1 saturated heterocycles. The average Bonchev–Trinajstić information content (AvgIpc) is 2.36. The molecule has 0 aliphatic carbocycles. The normalized spacial score (nSPS) is 24.1. The van der Waals surface area contributed by atoms with Gasteiger partial charge >= 0.3 is 0 Å². The molecule has 1 aliphatic rings. The molecule has 0 saturated carbocycles. The van der Waals surface area contributed by atoms with E-state index in [9.17, 15) is 0 Å². The van der Waals surface area contributed by atoms with Gasteiger partial charge < -0.3 is 10.5 Å². The Morgan fingerprint density at radius 3 is 2.58 bits per heavy atom. The lowest BCUT2D eigenvalue weighted by atomic mass is 9.75. The third kappa shape index (κ3) is 3.80. The van der Waals surface area contributed by atoms with Crippen molar-refractivity contribution in [1.82, 2.24) is 0 Å². The highest BCUT2D eigenvalue weighted by Gasteiger charge is 2.33. The Morgan fingerprint density at radius 1 is 1.32 bits per heavy atom. The minimum Gasteiger partial charge on any atom is -0.376 e. The first-order valence-corrected chi connectivity index (χ1v) is 7.42. The smallest absolute Gasteiger partial charge is 0.0629 e. The fraction of sp³-hybridized carbons (Fsp3) is 0.647. The number of aryl methyl sites for hydroxylation is 1. The zero-order valence-corrected chi connectivity index (χ0v) is 12.5. The van der Waals surface area contributed by atoms with Crippen LogP contribution in [0.4, 0.5) is 0 Å². The lowest BCUT2D eigenvalue weighted by Crippen LogP contribution is -2.36. The van der Waals surface area contributed by atoms with Gasteiger partial charge in [-0.25, -0.2) is 0 Å². The van der Waals surface area contributed by atoms with E-state index < -0.39 is 0 Å². The molecule has 2 nitrogen and oxygen atoms in total. The van der Waals surface area contributed by atoms with Gasteiger partial charge in [0.25, 0.3) is 0 Å². The Kier molecular flexibility index (Phi) is 4.64. The lowest BCUT2D eigenvalue weighted by Gasteiger charge is -2.39. The van der Waals surface area contributed by atoms with Gasteiger partial charge in [-0.1, -0.05) is 29.8 Å². The lowest BCUT2D eigenvalue weighted by molar-refractivity contribution is -0.0771. The molecule has 2 heteroatoms. The molecule has 106 valence electrons. The molecule has 1 heterocycles. The molecule has 0 aromatic heterocycles. The second kappa shape index (κ2) is 6.06. The van der Waals surface area contributed by atoms with Crippen LogP contribution in [0.3, 0.4) is 0 Å². The molecule has 19 heavy (non-hydrogen) atoms. The van der Waals surface area contributed by atoms with E-state index in [2.05, 4.69) is 45.0 Å². The van der Waals surface area contributed by atoms with Crippen molar-refractivity contribution < 1.29 is 4.74 Å². The van der Waals surface area contributed by atoms with Crippen LogP contribution in [0.2, 0.25) is 0 Å². The molecule has 1 aromatic rings. The zero-order valence-electron chi connectivity index (χ0n) is 12.5. The van der Waals surface area contributed by atoms with Crippen LogP contribution in [0, 0.1) is 12.8 Å². The van der Waals surface area contributed by atoms with Crippen LogP contribution in [0.1, 0.15) is 50.2 Å². The first kappa shape index (κ1) is 14.5. The fourth-order valence-electron chi connectivity index (χ4n) is 3.29. The minimum absolute atomic E-state index is 0.0143. The van der Waals surface area contributed by atoms with E-state index in [0.29, 0.717) is 11.8 Å². The van der Waals surface area contributed by atoms with Gasteiger partial charge in [0.1, 0.15) is 0 Å². The van der Waals surface area contributed by atoms with Gasteiger partial charge in [0.2, 0.25) is 0 Å². The van der Waals surface area contributed by atoms with Crippen molar-refractivity contribution in [3.8, 4) is 0 Å². The van der Waals surface area contributed by atoms with Crippen LogP contribution in [0.25, 0.3) is 0 Å². The Labute approximate surface area is 117 Å². The number of benzene rings is 1. The molecule has 1 aliphatic heterocycles. The fourth-order valence-corrected chi connectivity index (χ4v) is 3.29. The molecule has 2 rings (SSSR count). The highest BCUT2D eigenvalue weighted by Crippen LogP contribution is 2.39. The summed E-state index contributed by atoms with van der Waals surface area (Å²) in [5.41, 5.74) is 8.62. The monoisotopic (exact) mass is 261 g/mol. The first-order valence-electron chi connectivity index (χ1n) is 7.42. The Morgan fingerprint density at radius 2 is 2.00 bits per heavy atom. The van der Waals surface area contributed by atoms with E-state index in [1.165, 1.54) is 11.1 Å². The summed E-state index contributed by atoms with van der Waals surface area (Å²) < 4.78 is 5.85. The summed E-state index contributed by atoms with van der Waals surface area (Å²) in [5.74, 6) is 1.27. The molecule has 1 aromatic carbocycles. The average molecular weight is 261 g/mol. The zero-order chi connectivity index (χ0) is 13.9. The maximum Gasteiger partial charge on any atom is 0.0629 e. The Balaban J connectivity index is 2.17. The number of rotatable bonds is 4. The molecule has 0 bridgehead atoms. The van der Waals surface area contributed by atoms with Crippen LogP contribution in [0.15, 0.2) is 24.3 Å². The van der Waals surface area contributed by atoms with Crippen molar-refractivity contribution in [2.24, 2.45) is 11.7 Å². The molecule has 0 radical (unpaired) electrons. The number of nitrogens with two attached hydrogens (primary N) is 1. The molecule has 0 amide bonds. The number of hydrogen-bond donors (Lipinski definition) is 1. The van der Waals surface area contributed by atoms with E-state index in [0.717, 1.165) is 32.4 Å². The van der Waals surface area contributed by atoms with Crippen molar-refractivity contribution in [3.63, 3.8) is 0 Å². The Bertz CT molecular complexity index is 396. The van der Waals surface area contributed by atoms with E-state index >= 15 is 0 Å². The van der Waals surface area contributed by atoms with E-state index in [1.54, 1.807) is 0 Å². The summed E-state index contributed by atoms with van der Waals surface area (Å²) in [6, 6.07) is 8.98. The molecule has 2 N–H and O–H groups in total. The third-order valence-electron chi connectivity index (χ3n) is 4.29. The van der Waals surface area contributed by atoms with E-state index in [-0.39, 0.29) is 5.60 Å². The largest absolute Gasteiger partial charge is 0.376 e. The molecular formula is C17H27NO. The van der Waals surface area contributed by atoms with Gasteiger partial charge in [-0.2, -0.15) is 0 Å². The maximum atomic E-state index is 5.85. The highest BCUT2D eigenvalue weighted by atomic mass is 16.5. The predicted molar refractivity (Wildman–Crippen MR) is 80.3 cm³/mol. The second-order valence-corrected chi connectivity index (χ2v) is 6.46. The van der Waals surface area contributed by atoms with Crippen molar-refractivity contribution in [3.05, 3.63) is 35.4 Å². The standard InChI is InChI=1S/C17H27NO/c1-13-4-6-14(7-5-13)16(8-10-18)15-9-11-19-17(2,3)12-15/h4-7,15-16H,8-12,18H2,1-3H3/t15-,16+/m0/s1. The summed E-state index contributed by atoms with van der Waals surface area (Å²) in [5, 5.41) is 0. The summed E-state index contributed by atoms with van der Waals surface area (Å²) >= 11 is 0. The van der Waals surface area contributed by atoms with E-state index in [1.807, 2.05) is 0 Å². The van der Waals surface area contributed by atoms with Crippen LogP contribution in [-0.4, -0.2) is 18.8 Å². The van der Waals surface area contributed by atoms with Crippen LogP contribution in [-0.2, 0) is 4.74 Å².